The molecule has 3 rings (SSSR count). The lowest BCUT2D eigenvalue weighted by Gasteiger charge is -2.07. The topological polar surface area (TPSA) is 80.9 Å². The Balaban J connectivity index is 2.17. The second-order valence-electron chi connectivity index (χ2n) is 4.48. The van der Waals surface area contributed by atoms with E-state index in [4.69, 9.17) is 5.11 Å². The normalized spacial score (nSPS) is 10.8. The van der Waals surface area contributed by atoms with Gasteiger partial charge in [-0.25, -0.2) is 4.68 Å². The van der Waals surface area contributed by atoms with Crippen LogP contribution in [-0.4, -0.2) is 31.1 Å². The first-order valence-electron chi connectivity index (χ1n) is 6.13. The van der Waals surface area contributed by atoms with Gasteiger partial charge in [0.15, 0.2) is 0 Å². The first kappa shape index (κ1) is 12.3. The molecule has 0 aliphatic carbocycles. The van der Waals surface area contributed by atoms with Gasteiger partial charge in [-0.2, -0.15) is 0 Å². The van der Waals surface area contributed by atoms with Gasteiger partial charge in [0.25, 0.3) is 0 Å². The largest absolute Gasteiger partial charge is 0.481 e. The van der Waals surface area contributed by atoms with Crippen LogP contribution in [0.2, 0.25) is 0 Å². The summed E-state index contributed by atoms with van der Waals surface area (Å²) in [4.78, 5) is 14.9. The standard InChI is InChI=1S/C14H12N4O2/c1-9-12(7-14(19)20)16-17-18(9)13-4-2-3-10-5-6-15-8-11(10)13/h2-6,8H,7H2,1H3,(H,19,20). The number of nitrogens with zero attached hydrogens (tertiary/aromatic N) is 4. The maximum absolute atomic E-state index is 10.8. The second-order valence-corrected chi connectivity index (χ2v) is 4.48. The highest BCUT2D eigenvalue weighted by Crippen LogP contribution is 2.22. The first-order valence-corrected chi connectivity index (χ1v) is 6.13. The van der Waals surface area contributed by atoms with Gasteiger partial charge in [-0.15, -0.1) is 5.10 Å². The lowest BCUT2D eigenvalue weighted by molar-refractivity contribution is -0.136. The average Bonchev–Trinajstić information content (AvgIpc) is 2.79. The smallest absolute Gasteiger partial charge is 0.309 e. The number of carboxylic acids is 1. The zero-order valence-corrected chi connectivity index (χ0v) is 10.8. The molecule has 0 fully saturated rings. The molecule has 0 bridgehead atoms. The van der Waals surface area contributed by atoms with Crippen molar-refractivity contribution in [2.75, 3.05) is 0 Å². The molecule has 0 amide bonds. The average molecular weight is 268 g/mol. The molecule has 0 spiro atoms. The SMILES string of the molecule is Cc1c(CC(=O)O)nnn1-c1cccc2ccncc12. The fourth-order valence-corrected chi connectivity index (χ4v) is 2.18. The van der Waals surface area contributed by atoms with Gasteiger partial charge in [0.05, 0.1) is 23.5 Å². The number of aromatic nitrogens is 4. The van der Waals surface area contributed by atoms with Gasteiger partial charge in [-0.1, -0.05) is 17.3 Å². The number of carbonyl (C=O) groups is 1. The van der Waals surface area contributed by atoms with E-state index in [1.54, 1.807) is 17.1 Å². The van der Waals surface area contributed by atoms with Gasteiger partial charge in [0.1, 0.15) is 0 Å². The first-order chi connectivity index (χ1) is 9.66. The number of hydrogen-bond acceptors (Lipinski definition) is 4. The molecule has 0 aliphatic heterocycles. The zero-order valence-electron chi connectivity index (χ0n) is 10.8. The van der Waals surface area contributed by atoms with Crippen molar-refractivity contribution >= 4 is 16.7 Å². The van der Waals surface area contributed by atoms with E-state index in [1.807, 2.05) is 31.2 Å². The van der Waals surface area contributed by atoms with Gasteiger partial charge >= 0.3 is 5.97 Å². The van der Waals surface area contributed by atoms with Crippen molar-refractivity contribution in [2.45, 2.75) is 13.3 Å². The summed E-state index contributed by atoms with van der Waals surface area (Å²) in [6.07, 6.45) is 3.37. The summed E-state index contributed by atoms with van der Waals surface area (Å²) in [5, 5.41) is 18.9. The Bertz CT molecular complexity index is 789. The molecule has 1 aromatic carbocycles. The number of fused-ring (bicyclic) bond motifs is 1. The fourth-order valence-electron chi connectivity index (χ4n) is 2.18. The van der Waals surface area contributed by atoms with E-state index in [0.717, 1.165) is 22.2 Å². The van der Waals surface area contributed by atoms with Crippen molar-refractivity contribution in [2.24, 2.45) is 0 Å². The quantitative estimate of drug-likeness (QED) is 0.782. The number of rotatable bonds is 3. The summed E-state index contributed by atoms with van der Waals surface area (Å²) in [7, 11) is 0. The van der Waals surface area contributed by atoms with Crippen molar-refractivity contribution in [1.82, 2.24) is 20.0 Å². The van der Waals surface area contributed by atoms with Gasteiger partial charge in [-0.05, 0) is 24.4 Å². The maximum atomic E-state index is 10.8. The molecule has 100 valence electrons. The highest BCUT2D eigenvalue weighted by molar-refractivity contribution is 5.89. The molecule has 6 nitrogen and oxygen atoms in total. The summed E-state index contributed by atoms with van der Waals surface area (Å²) in [6.45, 7) is 1.81. The monoisotopic (exact) mass is 268 g/mol. The summed E-state index contributed by atoms with van der Waals surface area (Å²) < 4.78 is 1.66. The van der Waals surface area contributed by atoms with E-state index in [9.17, 15) is 4.79 Å². The molecule has 0 radical (unpaired) electrons. The molecular weight excluding hydrogens is 256 g/mol. The summed E-state index contributed by atoms with van der Waals surface area (Å²) in [5.41, 5.74) is 2.04. The highest BCUT2D eigenvalue weighted by Gasteiger charge is 2.14. The van der Waals surface area contributed by atoms with Crippen LogP contribution < -0.4 is 0 Å². The molecule has 6 heteroatoms. The molecule has 20 heavy (non-hydrogen) atoms. The Hall–Kier alpha value is -2.76. The van der Waals surface area contributed by atoms with Crippen LogP contribution in [0.25, 0.3) is 16.5 Å². The number of benzene rings is 1. The van der Waals surface area contributed by atoms with Crippen LogP contribution in [-0.2, 0) is 11.2 Å². The minimum Gasteiger partial charge on any atom is -0.481 e. The molecule has 1 N–H and O–H groups in total. The van der Waals surface area contributed by atoms with Crippen LogP contribution in [0.3, 0.4) is 0 Å². The molecule has 0 atom stereocenters. The van der Waals surface area contributed by atoms with Crippen molar-refractivity contribution in [3.63, 3.8) is 0 Å². The maximum Gasteiger partial charge on any atom is 0.309 e. The zero-order chi connectivity index (χ0) is 14.1. The van der Waals surface area contributed by atoms with Gasteiger partial charge in [0, 0.05) is 17.8 Å². The molecule has 0 unspecified atom stereocenters. The van der Waals surface area contributed by atoms with Gasteiger partial charge in [0.2, 0.25) is 0 Å². The van der Waals surface area contributed by atoms with E-state index in [1.165, 1.54) is 0 Å². The van der Waals surface area contributed by atoms with Crippen molar-refractivity contribution in [3.8, 4) is 5.69 Å². The third kappa shape index (κ3) is 2.01. The highest BCUT2D eigenvalue weighted by atomic mass is 16.4. The van der Waals surface area contributed by atoms with Crippen LogP contribution in [0.5, 0.6) is 0 Å². The Morgan fingerprint density at radius 3 is 3.00 bits per heavy atom. The number of carboxylic acid groups (broad SMARTS) is 1. The molecule has 0 saturated heterocycles. The van der Waals surface area contributed by atoms with Crippen LogP contribution in [0, 0.1) is 6.92 Å². The predicted octanol–water partition coefficient (Wildman–Crippen LogP) is 1.75. The van der Waals surface area contributed by atoms with Crippen molar-refractivity contribution in [3.05, 3.63) is 48.0 Å². The van der Waals surface area contributed by atoms with Crippen LogP contribution in [0.1, 0.15) is 11.4 Å². The van der Waals surface area contributed by atoms with Gasteiger partial charge < -0.3 is 5.11 Å². The summed E-state index contributed by atoms with van der Waals surface area (Å²) in [5.74, 6) is -0.917. The molecule has 2 aromatic heterocycles. The third-order valence-electron chi connectivity index (χ3n) is 3.20. The van der Waals surface area contributed by atoms with Crippen LogP contribution in [0.15, 0.2) is 36.7 Å². The minimum absolute atomic E-state index is 0.130. The van der Waals surface area contributed by atoms with E-state index < -0.39 is 5.97 Å². The fraction of sp³-hybridized carbons (Fsp3) is 0.143. The molecule has 0 saturated carbocycles. The summed E-state index contributed by atoms with van der Waals surface area (Å²) in [6, 6.07) is 7.75. The number of aliphatic carboxylic acids is 1. The number of pyridine rings is 1. The van der Waals surface area contributed by atoms with Crippen molar-refractivity contribution < 1.29 is 9.90 Å². The van der Waals surface area contributed by atoms with Crippen LogP contribution in [0.4, 0.5) is 0 Å². The van der Waals surface area contributed by atoms with E-state index >= 15 is 0 Å². The Labute approximate surface area is 114 Å². The molecule has 0 aliphatic rings. The lowest BCUT2D eigenvalue weighted by Crippen LogP contribution is -2.04. The Kier molecular flexibility index (Phi) is 2.90. The van der Waals surface area contributed by atoms with E-state index in [2.05, 4.69) is 15.3 Å². The van der Waals surface area contributed by atoms with E-state index in [-0.39, 0.29) is 6.42 Å². The van der Waals surface area contributed by atoms with E-state index in [0.29, 0.717) is 5.69 Å². The predicted molar refractivity (Wildman–Crippen MR) is 72.7 cm³/mol. The lowest BCUT2D eigenvalue weighted by atomic mass is 10.1. The second kappa shape index (κ2) is 4.73. The number of hydrogen-bond donors (Lipinski definition) is 1. The van der Waals surface area contributed by atoms with Crippen molar-refractivity contribution in [1.29, 1.82) is 0 Å². The Morgan fingerprint density at radius 1 is 1.35 bits per heavy atom. The minimum atomic E-state index is -0.917. The third-order valence-corrected chi connectivity index (χ3v) is 3.20. The molecule has 2 heterocycles. The van der Waals surface area contributed by atoms with Crippen LogP contribution >= 0.6 is 0 Å². The van der Waals surface area contributed by atoms with Gasteiger partial charge in [-0.3, -0.25) is 9.78 Å². The Morgan fingerprint density at radius 2 is 2.20 bits per heavy atom. The summed E-state index contributed by atoms with van der Waals surface area (Å²) >= 11 is 0. The molecular formula is C14H12N4O2. The molecule has 3 aromatic rings.